The summed E-state index contributed by atoms with van der Waals surface area (Å²) in [5.74, 6) is -2.46. The molecule has 1 atom stereocenters. The first-order valence-electron chi connectivity index (χ1n) is 14.8. The largest absolute Gasteiger partial charge is 0.450 e. The van der Waals surface area contributed by atoms with E-state index in [0.717, 1.165) is 33.8 Å². The van der Waals surface area contributed by atoms with Crippen molar-refractivity contribution in [3.8, 4) is 0 Å². The standard InChI is InChI=1S/C29H33F5N8O5/c1-2-47-28(46)41-9-4-18(5-10-41)13-24(43)37-22-7-12-40(27(45)25(22)31)11-6-20(30)16-42-17-23(38-39-42)26(44)36-15-21-14-19(3-8-35-21)29(32,33)34/h3,7-8,12,14,17-18,20H,2,4-6,9-11,13,15-16H2,1H3,(H,36,44)(H,37,43). The maximum atomic E-state index is 14.8. The fraction of sp³-hybridized carbons (Fsp3) is 0.483. The quantitative estimate of drug-likeness (QED) is 0.278. The molecule has 1 aliphatic rings. The van der Waals surface area contributed by atoms with Gasteiger partial charge >= 0.3 is 12.3 Å². The number of halogens is 5. The molecule has 254 valence electrons. The Hall–Kier alpha value is -4.90. The summed E-state index contributed by atoms with van der Waals surface area (Å²) < 4.78 is 75.1. The summed E-state index contributed by atoms with van der Waals surface area (Å²) >= 11 is 0. The third-order valence-corrected chi connectivity index (χ3v) is 7.41. The number of hydrogen-bond donors (Lipinski definition) is 2. The van der Waals surface area contributed by atoms with E-state index in [1.165, 1.54) is 12.3 Å². The van der Waals surface area contributed by atoms with Crippen LogP contribution in [-0.4, -0.2) is 73.2 Å². The van der Waals surface area contributed by atoms with Crippen LogP contribution in [0.4, 0.5) is 32.4 Å². The summed E-state index contributed by atoms with van der Waals surface area (Å²) in [4.78, 5) is 54.6. The number of carbonyl (C=O) groups excluding carboxylic acids is 3. The Morgan fingerprint density at radius 3 is 2.62 bits per heavy atom. The number of hydrogen-bond acceptors (Lipinski definition) is 8. The number of rotatable bonds is 12. The van der Waals surface area contributed by atoms with Crippen LogP contribution in [-0.2, 0) is 35.3 Å². The molecule has 0 radical (unpaired) electrons. The second kappa shape index (κ2) is 15.6. The number of pyridine rings is 2. The van der Waals surface area contributed by atoms with Crippen LogP contribution in [0.5, 0.6) is 0 Å². The summed E-state index contributed by atoms with van der Waals surface area (Å²) in [5.41, 5.74) is -2.50. The van der Waals surface area contributed by atoms with Gasteiger partial charge in [0.2, 0.25) is 11.7 Å². The van der Waals surface area contributed by atoms with Crippen LogP contribution in [0.2, 0.25) is 0 Å². The predicted molar refractivity (Wildman–Crippen MR) is 155 cm³/mol. The number of nitrogens with one attached hydrogen (secondary N) is 2. The van der Waals surface area contributed by atoms with E-state index < -0.39 is 47.2 Å². The van der Waals surface area contributed by atoms with Crippen molar-refractivity contribution < 1.29 is 41.1 Å². The van der Waals surface area contributed by atoms with Crippen molar-refractivity contribution in [2.75, 3.05) is 25.0 Å². The van der Waals surface area contributed by atoms with E-state index in [2.05, 4.69) is 25.9 Å². The summed E-state index contributed by atoms with van der Waals surface area (Å²) in [6.07, 6.45) is -2.18. The minimum absolute atomic E-state index is 0.0252. The van der Waals surface area contributed by atoms with E-state index in [4.69, 9.17) is 4.74 Å². The van der Waals surface area contributed by atoms with Gasteiger partial charge in [0.15, 0.2) is 5.69 Å². The van der Waals surface area contributed by atoms with Crippen molar-refractivity contribution in [2.24, 2.45) is 5.92 Å². The zero-order chi connectivity index (χ0) is 34.1. The molecular weight excluding hydrogens is 635 g/mol. The van der Waals surface area contributed by atoms with E-state index in [9.17, 15) is 41.1 Å². The number of ether oxygens (including phenoxy) is 1. The van der Waals surface area contributed by atoms with Crippen LogP contribution < -0.4 is 16.2 Å². The van der Waals surface area contributed by atoms with Crippen molar-refractivity contribution in [1.29, 1.82) is 0 Å². The van der Waals surface area contributed by atoms with Crippen LogP contribution in [0.3, 0.4) is 0 Å². The molecule has 3 aromatic heterocycles. The molecule has 13 nitrogen and oxygen atoms in total. The Morgan fingerprint density at radius 2 is 1.91 bits per heavy atom. The average molecular weight is 669 g/mol. The molecule has 4 heterocycles. The van der Waals surface area contributed by atoms with Gasteiger partial charge in [-0.25, -0.2) is 13.9 Å². The van der Waals surface area contributed by atoms with E-state index in [1.54, 1.807) is 11.8 Å². The van der Waals surface area contributed by atoms with Crippen molar-refractivity contribution in [1.82, 2.24) is 34.8 Å². The number of amides is 3. The van der Waals surface area contributed by atoms with Crippen molar-refractivity contribution in [3.63, 3.8) is 0 Å². The van der Waals surface area contributed by atoms with E-state index in [1.807, 2.05) is 0 Å². The Kier molecular flexibility index (Phi) is 11.6. The molecular formula is C29H33F5N8O5. The van der Waals surface area contributed by atoms with Crippen LogP contribution in [0.15, 0.2) is 41.6 Å². The molecule has 1 saturated heterocycles. The van der Waals surface area contributed by atoms with E-state index in [-0.39, 0.29) is 62.1 Å². The lowest BCUT2D eigenvalue weighted by molar-refractivity contribution is -0.137. The van der Waals surface area contributed by atoms with Crippen molar-refractivity contribution in [3.05, 3.63) is 69.9 Å². The van der Waals surface area contributed by atoms with Gasteiger partial charge < -0.3 is 24.8 Å². The minimum atomic E-state index is -4.57. The highest BCUT2D eigenvalue weighted by Gasteiger charge is 2.31. The molecule has 0 spiro atoms. The van der Waals surface area contributed by atoms with E-state index in [0.29, 0.717) is 25.9 Å². The molecule has 2 N–H and O–H groups in total. The van der Waals surface area contributed by atoms with Gasteiger partial charge in [0, 0.05) is 38.4 Å². The third kappa shape index (κ3) is 9.79. The Morgan fingerprint density at radius 1 is 1.17 bits per heavy atom. The highest BCUT2D eigenvalue weighted by molar-refractivity contribution is 5.92. The second-order valence-electron chi connectivity index (χ2n) is 10.9. The average Bonchev–Trinajstić information content (AvgIpc) is 3.50. The lowest BCUT2D eigenvalue weighted by Gasteiger charge is -2.30. The number of aromatic nitrogens is 5. The molecule has 4 rings (SSSR count). The topological polar surface area (TPSA) is 153 Å². The van der Waals surface area contributed by atoms with Crippen LogP contribution in [0.25, 0.3) is 0 Å². The third-order valence-electron chi connectivity index (χ3n) is 7.41. The first-order chi connectivity index (χ1) is 22.3. The number of aryl methyl sites for hydroxylation is 1. The Bertz CT molecular complexity index is 1620. The van der Waals surface area contributed by atoms with Gasteiger partial charge in [0.1, 0.15) is 6.17 Å². The van der Waals surface area contributed by atoms with Gasteiger partial charge in [0.25, 0.3) is 11.5 Å². The number of alkyl halides is 4. The Balaban J connectivity index is 1.22. The number of carbonyl (C=O) groups is 3. The SMILES string of the molecule is CCOC(=O)N1CCC(CC(=O)Nc2ccn(CCC(F)Cn3cc(C(=O)NCc4cc(C(F)(F)F)ccn4)nn3)c(=O)c2F)CC1. The molecule has 0 bridgehead atoms. The molecule has 18 heteroatoms. The van der Waals surface area contributed by atoms with Gasteiger partial charge in [-0.3, -0.25) is 19.4 Å². The van der Waals surface area contributed by atoms with Gasteiger partial charge in [-0.2, -0.15) is 17.6 Å². The van der Waals surface area contributed by atoms with E-state index >= 15 is 0 Å². The summed E-state index contributed by atoms with van der Waals surface area (Å²) in [7, 11) is 0. The molecule has 1 aliphatic heterocycles. The zero-order valence-electron chi connectivity index (χ0n) is 25.3. The summed E-state index contributed by atoms with van der Waals surface area (Å²) in [5, 5.41) is 12.1. The lowest BCUT2D eigenvalue weighted by Crippen LogP contribution is -2.39. The van der Waals surface area contributed by atoms with Crippen LogP contribution in [0, 0.1) is 11.7 Å². The predicted octanol–water partition coefficient (Wildman–Crippen LogP) is 3.55. The maximum absolute atomic E-state index is 14.8. The molecule has 0 aromatic carbocycles. The molecule has 47 heavy (non-hydrogen) atoms. The monoisotopic (exact) mass is 668 g/mol. The molecule has 3 aromatic rings. The minimum Gasteiger partial charge on any atom is -0.450 e. The molecule has 0 aliphatic carbocycles. The van der Waals surface area contributed by atoms with Crippen molar-refractivity contribution >= 4 is 23.6 Å². The highest BCUT2D eigenvalue weighted by atomic mass is 19.4. The first kappa shape index (κ1) is 35.0. The number of nitrogens with zero attached hydrogens (tertiary/aromatic N) is 6. The fourth-order valence-corrected chi connectivity index (χ4v) is 4.89. The van der Waals surface area contributed by atoms with Gasteiger partial charge in [0.05, 0.1) is 42.8 Å². The smallest absolute Gasteiger partial charge is 0.416 e. The first-order valence-corrected chi connectivity index (χ1v) is 14.8. The van der Waals surface area contributed by atoms with Gasteiger partial charge in [-0.1, -0.05) is 5.21 Å². The number of anilines is 1. The van der Waals surface area contributed by atoms with Gasteiger partial charge in [-0.15, -0.1) is 5.10 Å². The number of piperidine rings is 1. The molecule has 1 fully saturated rings. The summed E-state index contributed by atoms with van der Waals surface area (Å²) in [6.45, 7) is 2.00. The molecule has 3 amide bonds. The molecule has 1 unspecified atom stereocenters. The summed E-state index contributed by atoms with van der Waals surface area (Å²) in [6, 6.07) is 2.81. The normalized spacial score (nSPS) is 14.5. The van der Waals surface area contributed by atoms with Crippen LogP contribution in [0.1, 0.15) is 54.4 Å². The molecule has 0 saturated carbocycles. The number of likely N-dealkylation sites (tertiary alicyclic amines) is 1. The van der Waals surface area contributed by atoms with Gasteiger partial charge in [-0.05, 0) is 50.3 Å². The maximum Gasteiger partial charge on any atom is 0.416 e. The van der Waals surface area contributed by atoms with Crippen LogP contribution >= 0.6 is 0 Å². The fourth-order valence-electron chi connectivity index (χ4n) is 4.89. The lowest BCUT2D eigenvalue weighted by atomic mass is 9.93. The Labute approximate surface area is 265 Å². The van der Waals surface area contributed by atoms with Crippen molar-refractivity contribution in [2.45, 2.75) is 64.6 Å². The highest BCUT2D eigenvalue weighted by Crippen LogP contribution is 2.29. The second-order valence-corrected chi connectivity index (χ2v) is 10.9. The zero-order valence-corrected chi connectivity index (χ0v) is 25.3.